The van der Waals surface area contributed by atoms with Gasteiger partial charge in [0.2, 0.25) is 11.7 Å². The van der Waals surface area contributed by atoms with Crippen molar-refractivity contribution in [2.45, 2.75) is 39.0 Å². The maximum atomic E-state index is 5.41. The molecule has 3 heterocycles. The number of nitrogens with one attached hydrogen (secondary N) is 1. The van der Waals surface area contributed by atoms with Gasteiger partial charge in [-0.25, -0.2) is 0 Å². The van der Waals surface area contributed by atoms with Crippen LogP contribution in [0.25, 0.3) is 11.4 Å². The fourth-order valence-electron chi connectivity index (χ4n) is 2.89. The number of piperidine rings is 1. The van der Waals surface area contributed by atoms with Gasteiger partial charge in [-0.05, 0) is 56.3 Å². The highest BCUT2D eigenvalue weighted by Gasteiger charge is 2.16. The van der Waals surface area contributed by atoms with Crippen LogP contribution in [0.5, 0.6) is 0 Å². The minimum absolute atomic E-state index is 0.689. The van der Waals surface area contributed by atoms with Crippen molar-refractivity contribution in [2.75, 3.05) is 13.1 Å². The zero-order valence-corrected chi connectivity index (χ0v) is 12.5. The third-order valence-electron chi connectivity index (χ3n) is 4.22. The molecule has 0 atom stereocenters. The summed E-state index contributed by atoms with van der Waals surface area (Å²) in [7, 11) is 0. The van der Waals surface area contributed by atoms with E-state index in [0.717, 1.165) is 55.3 Å². The molecule has 0 spiro atoms. The van der Waals surface area contributed by atoms with Gasteiger partial charge in [0.15, 0.2) is 0 Å². The number of aryl methyl sites for hydroxylation is 2. The van der Waals surface area contributed by atoms with Crippen molar-refractivity contribution in [1.29, 1.82) is 0 Å². The Bertz CT molecular complexity index is 575. The van der Waals surface area contributed by atoms with Gasteiger partial charge >= 0.3 is 0 Å². The molecule has 1 aliphatic rings. The molecule has 1 N–H and O–H groups in total. The zero-order valence-electron chi connectivity index (χ0n) is 12.5. The monoisotopic (exact) mass is 286 g/mol. The van der Waals surface area contributed by atoms with Gasteiger partial charge in [-0.2, -0.15) is 4.98 Å². The lowest BCUT2D eigenvalue weighted by Gasteiger charge is -2.21. The Balaban J connectivity index is 1.65. The molecule has 5 nitrogen and oxygen atoms in total. The van der Waals surface area contributed by atoms with Gasteiger partial charge in [-0.1, -0.05) is 12.1 Å². The van der Waals surface area contributed by atoms with Gasteiger partial charge in [-0.3, -0.25) is 4.98 Å². The molecule has 0 bridgehead atoms. The van der Waals surface area contributed by atoms with Crippen LogP contribution < -0.4 is 5.32 Å². The summed E-state index contributed by atoms with van der Waals surface area (Å²) in [5.74, 6) is 2.23. The van der Waals surface area contributed by atoms with Crippen LogP contribution in [-0.2, 0) is 12.8 Å². The van der Waals surface area contributed by atoms with Crippen molar-refractivity contribution in [3.63, 3.8) is 0 Å². The first-order chi connectivity index (χ1) is 10.4. The Kier molecular flexibility index (Phi) is 4.60. The van der Waals surface area contributed by atoms with E-state index in [-0.39, 0.29) is 0 Å². The highest BCUT2D eigenvalue weighted by Crippen LogP contribution is 2.22. The van der Waals surface area contributed by atoms with Crippen LogP contribution >= 0.6 is 0 Å². The predicted octanol–water partition coefficient (Wildman–Crippen LogP) is 2.63. The van der Waals surface area contributed by atoms with E-state index < -0.39 is 0 Å². The van der Waals surface area contributed by atoms with Gasteiger partial charge < -0.3 is 9.84 Å². The number of pyridine rings is 1. The van der Waals surface area contributed by atoms with Crippen LogP contribution in [0.1, 0.15) is 37.6 Å². The normalized spacial score (nSPS) is 16.2. The lowest BCUT2D eigenvalue weighted by atomic mass is 9.93. The van der Waals surface area contributed by atoms with Gasteiger partial charge in [-0.15, -0.1) is 0 Å². The van der Waals surface area contributed by atoms with Crippen molar-refractivity contribution in [3.05, 3.63) is 29.9 Å². The third kappa shape index (κ3) is 3.47. The lowest BCUT2D eigenvalue weighted by molar-refractivity contribution is 0.324. The molecule has 3 rings (SSSR count). The smallest absolute Gasteiger partial charge is 0.226 e. The van der Waals surface area contributed by atoms with E-state index in [0.29, 0.717) is 5.82 Å². The van der Waals surface area contributed by atoms with Gasteiger partial charge in [0.1, 0.15) is 0 Å². The first-order valence-electron chi connectivity index (χ1n) is 7.83. The Morgan fingerprint density at radius 2 is 2.19 bits per heavy atom. The first kappa shape index (κ1) is 14.2. The highest BCUT2D eigenvalue weighted by molar-refractivity contribution is 5.58. The fourth-order valence-corrected chi connectivity index (χ4v) is 2.89. The molecule has 1 aliphatic heterocycles. The summed E-state index contributed by atoms with van der Waals surface area (Å²) in [6.07, 6.45) is 9.10. The van der Waals surface area contributed by atoms with E-state index in [4.69, 9.17) is 4.52 Å². The molecule has 0 radical (unpaired) electrons. The SMILES string of the molecule is CCc1cnccc1-c1noc(CCC2CCNCC2)n1. The molecule has 1 saturated heterocycles. The quantitative estimate of drug-likeness (QED) is 0.915. The van der Waals surface area contributed by atoms with E-state index in [1.54, 1.807) is 6.20 Å². The van der Waals surface area contributed by atoms with E-state index >= 15 is 0 Å². The fraction of sp³-hybridized carbons (Fsp3) is 0.562. The molecule has 112 valence electrons. The minimum atomic E-state index is 0.689. The molecule has 1 fully saturated rings. The van der Waals surface area contributed by atoms with E-state index in [1.807, 2.05) is 12.3 Å². The van der Waals surface area contributed by atoms with Crippen molar-refractivity contribution in [1.82, 2.24) is 20.4 Å². The number of hydrogen-bond acceptors (Lipinski definition) is 5. The van der Waals surface area contributed by atoms with Crippen LogP contribution in [0.3, 0.4) is 0 Å². The van der Waals surface area contributed by atoms with Crippen LogP contribution in [0.15, 0.2) is 23.0 Å². The number of nitrogens with zero attached hydrogens (tertiary/aromatic N) is 3. The van der Waals surface area contributed by atoms with Gasteiger partial charge in [0.25, 0.3) is 0 Å². The Labute approximate surface area is 125 Å². The van der Waals surface area contributed by atoms with Crippen molar-refractivity contribution < 1.29 is 4.52 Å². The standard InChI is InChI=1S/C16H22N4O/c1-2-13-11-18-10-7-14(13)16-19-15(21-20-16)4-3-12-5-8-17-9-6-12/h7,10-12,17H,2-6,8-9H2,1H3. The van der Waals surface area contributed by atoms with E-state index in [2.05, 4.69) is 27.4 Å². The molecule has 0 aromatic carbocycles. The molecule has 0 amide bonds. The van der Waals surface area contributed by atoms with Crippen LogP contribution in [-0.4, -0.2) is 28.2 Å². The van der Waals surface area contributed by atoms with Crippen molar-refractivity contribution in [3.8, 4) is 11.4 Å². The maximum absolute atomic E-state index is 5.41. The topological polar surface area (TPSA) is 63.8 Å². The highest BCUT2D eigenvalue weighted by atomic mass is 16.5. The molecule has 0 saturated carbocycles. The third-order valence-corrected chi connectivity index (χ3v) is 4.22. The molecule has 0 unspecified atom stereocenters. The summed E-state index contributed by atoms with van der Waals surface area (Å²) in [4.78, 5) is 8.71. The Morgan fingerprint density at radius 1 is 1.33 bits per heavy atom. The second kappa shape index (κ2) is 6.80. The van der Waals surface area contributed by atoms with E-state index in [1.165, 1.54) is 12.8 Å². The van der Waals surface area contributed by atoms with Crippen LogP contribution in [0, 0.1) is 5.92 Å². The summed E-state index contributed by atoms with van der Waals surface area (Å²) >= 11 is 0. The molecule has 2 aromatic rings. The molecule has 5 heteroatoms. The van der Waals surface area contributed by atoms with Crippen LogP contribution in [0.4, 0.5) is 0 Å². The second-order valence-corrected chi connectivity index (χ2v) is 5.63. The largest absolute Gasteiger partial charge is 0.339 e. The number of rotatable bonds is 5. The zero-order chi connectivity index (χ0) is 14.5. The summed E-state index contributed by atoms with van der Waals surface area (Å²) in [6, 6.07) is 1.96. The number of aromatic nitrogens is 3. The Hall–Kier alpha value is -1.75. The number of hydrogen-bond donors (Lipinski definition) is 1. The molecular weight excluding hydrogens is 264 g/mol. The maximum Gasteiger partial charge on any atom is 0.226 e. The van der Waals surface area contributed by atoms with Gasteiger partial charge in [0.05, 0.1) is 0 Å². The summed E-state index contributed by atoms with van der Waals surface area (Å²) in [6.45, 7) is 4.38. The van der Waals surface area contributed by atoms with Gasteiger partial charge in [0, 0.05) is 24.4 Å². The predicted molar refractivity (Wildman–Crippen MR) is 80.8 cm³/mol. The average Bonchev–Trinajstić information content (AvgIpc) is 3.02. The summed E-state index contributed by atoms with van der Waals surface area (Å²) in [5, 5.41) is 7.53. The lowest BCUT2D eigenvalue weighted by Crippen LogP contribution is -2.27. The van der Waals surface area contributed by atoms with Crippen molar-refractivity contribution >= 4 is 0 Å². The molecular formula is C16H22N4O. The van der Waals surface area contributed by atoms with Crippen LogP contribution in [0.2, 0.25) is 0 Å². The first-order valence-corrected chi connectivity index (χ1v) is 7.83. The van der Waals surface area contributed by atoms with Crippen molar-refractivity contribution in [2.24, 2.45) is 5.92 Å². The Morgan fingerprint density at radius 3 is 3.00 bits per heavy atom. The average molecular weight is 286 g/mol. The minimum Gasteiger partial charge on any atom is -0.339 e. The molecule has 0 aliphatic carbocycles. The summed E-state index contributed by atoms with van der Waals surface area (Å²) in [5.41, 5.74) is 2.19. The summed E-state index contributed by atoms with van der Waals surface area (Å²) < 4.78 is 5.41. The molecule has 2 aromatic heterocycles. The van der Waals surface area contributed by atoms with E-state index in [9.17, 15) is 0 Å². The second-order valence-electron chi connectivity index (χ2n) is 5.63. The molecule has 21 heavy (non-hydrogen) atoms.